The van der Waals surface area contributed by atoms with E-state index in [1.165, 1.54) is 16.7 Å². The Hall–Kier alpha value is -2.86. The molecule has 2 aromatic carbocycles. The third-order valence-corrected chi connectivity index (χ3v) is 5.00. The van der Waals surface area contributed by atoms with Gasteiger partial charge in [-0.15, -0.1) is 10.2 Å². The molecule has 0 bridgehead atoms. The Morgan fingerprint density at radius 3 is 2.48 bits per heavy atom. The van der Waals surface area contributed by atoms with Gasteiger partial charge < -0.3 is 13.9 Å². The molecular formula is C21H23N3O3. The highest BCUT2D eigenvalue weighted by molar-refractivity contribution is 5.51. The van der Waals surface area contributed by atoms with Crippen LogP contribution in [0, 0.1) is 6.92 Å². The average molecular weight is 365 g/mol. The van der Waals surface area contributed by atoms with E-state index < -0.39 is 0 Å². The second-order valence-electron chi connectivity index (χ2n) is 6.65. The van der Waals surface area contributed by atoms with Crippen molar-refractivity contribution in [3.05, 3.63) is 70.9 Å². The summed E-state index contributed by atoms with van der Waals surface area (Å²) in [4.78, 5) is 2.37. The summed E-state index contributed by atoms with van der Waals surface area (Å²) in [6.07, 6.45) is 0.923. The van der Waals surface area contributed by atoms with Crippen LogP contribution < -0.4 is 9.47 Å². The summed E-state index contributed by atoms with van der Waals surface area (Å²) in [5, 5.41) is 8.15. The van der Waals surface area contributed by atoms with Crippen molar-refractivity contribution in [3.8, 4) is 11.5 Å². The summed E-state index contributed by atoms with van der Waals surface area (Å²) >= 11 is 0. The molecule has 1 aliphatic heterocycles. The Kier molecular flexibility index (Phi) is 4.81. The first-order valence-electron chi connectivity index (χ1n) is 9.02. The summed E-state index contributed by atoms with van der Waals surface area (Å²) in [5.41, 5.74) is 3.72. The fourth-order valence-corrected chi connectivity index (χ4v) is 3.77. The van der Waals surface area contributed by atoms with E-state index in [0.29, 0.717) is 18.3 Å². The first-order valence-corrected chi connectivity index (χ1v) is 9.02. The maximum Gasteiger partial charge on any atom is 0.230 e. The van der Waals surface area contributed by atoms with Crippen LogP contribution in [-0.2, 0) is 13.0 Å². The lowest BCUT2D eigenvalue weighted by Crippen LogP contribution is -2.35. The van der Waals surface area contributed by atoms with Crippen molar-refractivity contribution < 1.29 is 13.9 Å². The van der Waals surface area contributed by atoms with Crippen LogP contribution in [-0.4, -0.2) is 35.9 Å². The number of rotatable bonds is 5. The van der Waals surface area contributed by atoms with Gasteiger partial charge in [0.15, 0.2) is 11.5 Å². The topological polar surface area (TPSA) is 60.6 Å². The SMILES string of the molecule is COc1cc2c(cc1OC)C(c1ccccc1)N(Cc1nnc(C)o1)CC2. The van der Waals surface area contributed by atoms with Crippen LogP contribution in [0.5, 0.6) is 11.5 Å². The number of ether oxygens (including phenoxy) is 2. The van der Waals surface area contributed by atoms with E-state index in [1.807, 2.05) is 13.0 Å². The van der Waals surface area contributed by atoms with Crippen molar-refractivity contribution in [1.82, 2.24) is 15.1 Å². The maximum atomic E-state index is 5.63. The Balaban J connectivity index is 1.78. The third-order valence-electron chi connectivity index (χ3n) is 5.00. The van der Waals surface area contributed by atoms with Gasteiger partial charge in [0.05, 0.1) is 26.8 Å². The van der Waals surface area contributed by atoms with E-state index in [0.717, 1.165) is 24.5 Å². The van der Waals surface area contributed by atoms with Crippen molar-refractivity contribution in [1.29, 1.82) is 0 Å². The van der Waals surface area contributed by atoms with Crippen molar-refractivity contribution in [2.24, 2.45) is 0 Å². The molecule has 0 radical (unpaired) electrons. The molecule has 1 unspecified atom stereocenters. The Morgan fingerprint density at radius 2 is 1.81 bits per heavy atom. The first kappa shape index (κ1) is 17.5. The molecule has 2 heterocycles. The van der Waals surface area contributed by atoms with Crippen LogP contribution in [0.25, 0.3) is 0 Å². The standard InChI is InChI=1S/C21H23N3O3/c1-14-22-23-20(27-14)13-24-10-9-16-11-18(25-2)19(26-3)12-17(16)21(24)15-7-5-4-6-8-15/h4-8,11-12,21H,9-10,13H2,1-3H3. The smallest absolute Gasteiger partial charge is 0.230 e. The number of nitrogens with zero attached hydrogens (tertiary/aromatic N) is 3. The van der Waals surface area contributed by atoms with Gasteiger partial charge in [0.2, 0.25) is 11.8 Å². The zero-order valence-corrected chi connectivity index (χ0v) is 15.8. The predicted molar refractivity (Wildman–Crippen MR) is 101 cm³/mol. The molecule has 6 nitrogen and oxygen atoms in total. The lowest BCUT2D eigenvalue weighted by molar-refractivity contribution is 0.183. The van der Waals surface area contributed by atoms with Crippen molar-refractivity contribution in [2.45, 2.75) is 25.9 Å². The van der Waals surface area contributed by atoms with Gasteiger partial charge in [-0.2, -0.15) is 0 Å². The van der Waals surface area contributed by atoms with Gasteiger partial charge in [0.1, 0.15) is 0 Å². The first-order chi connectivity index (χ1) is 13.2. The van der Waals surface area contributed by atoms with E-state index in [1.54, 1.807) is 14.2 Å². The maximum absolute atomic E-state index is 5.63. The summed E-state index contributed by atoms with van der Waals surface area (Å²) in [7, 11) is 3.34. The number of fused-ring (bicyclic) bond motifs is 1. The fraction of sp³-hybridized carbons (Fsp3) is 0.333. The summed E-state index contributed by atoms with van der Waals surface area (Å²) in [6.45, 7) is 3.31. The molecule has 4 rings (SSSR count). The fourth-order valence-electron chi connectivity index (χ4n) is 3.77. The Bertz CT molecular complexity index is 924. The summed E-state index contributed by atoms with van der Waals surface area (Å²) in [6, 6.07) is 14.8. The van der Waals surface area contributed by atoms with Gasteiger partial charge in [0, 0.05) is 13.5 Å². The van der Waals surface area contributed by atoms with Gasteiger partial charge in [-0.3, -0.25) is 4.90 Å². The molecule has 27 heavy (non-hydrogen) atoms. The number of benzene rings is 2. The Morgan fingerprint density at radius 1 is 1.07 bits per heavy atom. The van der Waals surface area contributed by atoms with Crippen LogP contribution in [0.3, 0.4) is 0 Å². The van der Waals surface area contributed by atoms with Crippen LogP contribution in [0.1, 0.15) is 34.5 Å². The van der Waals surface area contributed by atoms with E-state index in [-0.39, 0.29) is 6.04 Å². The quantitative estimate of drug-likeness (QED) is 0.689. The number of methoxy groups -OCH3 is 2. The molecule has 0 fully saturated rings. The second-order valence-corrected chi connectivity index (χ2v) is 6.65. The summed E-state index contributed by atoms with van der Waals surface area (Å²) in [5.74, 6) is 2.74. The van der Waals surface area contributed by atoms with E-state index in [4.69, 9.17) is 13.9 Å². The van der Waals surface area contributed by atoms with Gasteiger partial charge in [0.25, 0.3) is 0 Å². The molecular weight excluding hydrogens is 342 g/mol. The van der Waals surface area contributed by atoms with Crippen molar-refractivity contribution in [3.63, 3.8) is 0 Å². The lowest BCUT2D eigenvalue weighted by atomic mass is 9.87. The zero-order valence-electron chi connectivity index (χ0n) is 15.8. The molecule has 6 heteroatoms. The third kappa shape index (κ3) is 3.40. The van der Waals surface area contributed by atoms with Crippen LogP contribution in [0.15, 0.2) is 46.9 Å². The molecule has 3 aromatic rings. The molecule has 0 saturated carbocycles. The highest BCUT2D eigenvalue weighted by Gasteiger charge is 2.31. The number of hydrogen-bond donors (Lipinski definition) is 0. The number of aromatic nitrogens is 2. The normalized spacial score (nSPS) is 16.8. The average Bonchev–Trinajstić information content (AvgIpc) is 3.12. The van der Waals surface area contributed by atoms with Gasteiger partial charge in [-0.25, -0.2) is 0 Å². The number of aryl methyl sites for hydroxylation is 1. The molecule has 1 aromatic heterocycles. The zero-order chi connectivity index (χ0) is 18.8. The molecule has 0 amide bonds. The monoisotopic (exact) mass is 365 g/mol. The minimum Gasteiger partial charge on any atom is -0.493 e. The predicted octanol–water partition coefficient (Wildman–Crippen LogP) is 3.54. The molecule has 1 aliphatic rings. The van der Waals surface area contributed by atoms with E-state index >= 15 is 0 Å². The van der Waals surface area contributed by atoms with Crippen molar-refractivity contribution in [2.75, 3.05) is 20.8 Å². The van der Waals surface area contributed by atoms with Crippen LogP contribution in [0.4, 0.5) is 0 Å². The minimum atomic E-state index is 0.0852. The van der Waals surface area contributed by atoms with Crippen LogP contribution in [0.2, 0.25) is 0 Å². The van der Waals surface area contributed by atoms with Gasteiger partial charge in [-0.05, 0) is 35.2 Å². The van der Waals surface area contributed by atoms with Gasteiger partial charge in [-0.1, -0.05) is 30.3 Å². The largest absolute Gasteiger partial charge is 0.493 e. The van der Waals surface area contributed by atoms with E-state index in [2.05, 4.69) is 51.5 Å². The molecule has 0 spiro atoms. The lowest BCUT2D eigenvalue weighted by Gasteiger charge is -2.37. The molecule has 0 aliphatic carbocycles. The molecule has 1 atom stereocenters. The van der Waals surface area contributed by atoms with Crippen molar-refractivity contribution >= 4 is 0 Å². The van der Waals surface area contributed by atoms with Crippen LogP contribution >= 0.6 is 0 Å². The summed E-state index contributed by atoms with van der Waals surface area (Å²) < 4.78 is 16.7. The molecule has 140 valence electrons. The number of hydrogen-bond acceptors (Lipinski definition) is 6. The van der Waals surface area contributed by atoms with Gasteiger partial charge >= 0.3 is 0 Å². The molecule has 0 N–H and O–H groups in total. The highest BCUT2D eigenvalue weighted by Crippen LogP contribution is 2.41. The minimum absolute atomic E-state index is 0.0852. The second kappa shape index (κ2) is 7.40. The Labute approximate surface area is 158 Å². The van der Waals surface area contributed by atoms with E-state index in [9.17, 15) is 0 Å². The molecule has 0 saturated heterocycles. The highest BCUT2D eigenvalue weighted by atomic mass is 16.5.